The zero-order valence-corrected chi connectivity index (χ0v) is 13.9. The minimum absolute atomic E-state index is 0.0979. The van der Waals surface area contributed by atoms with Gasteiger partial charge in [0.05, 0.1) is 7.11 Å². The van der Waals surface area contributed by atoms with Crippen molar-refractivity contribution < 1.29 is 9.53 Å². The quantitative estimate of drug-likeness (QED) is 0.588. The third-order valence-corrected chi connectivity index (χ3v) is 3.76. The molecule has 0 radical (unpaired) electrons. The van der Waals surface area contributed by atoms with Gasteiger partial charge >= 0.3 is 0 Å². The molecule has 0 atom stereocenters. The molecule has 9 nitrogen and oxygen atoms in total. The highest BCUT2D eigenvalue weighted by atomic mass is 16.5. The van der Waals surface area contributed by atoms with Crippen molar-refractivity contribution in [2.75, 3.05) is 12.4 Å². The number of amides is 1. The molecule has 4 aromatic heterocycles. The van der Waals surface area contributed by atoms with E-state index in [1.807, 2.05) is 18.3 Å². The van der Waals surface area contributed by atoms with Crippen molar-refractivity contribution in [3.8, 4) is 16.9 Å². The Kier molecular flexibility index (Phi) is 4.02. The summed E-state index contributed by atoms with van der Waals surface area (Å²) in [4.78, 5) is 20.5. The number of carbonyl (C=O) groups is 1. The van der Waals surface area contributed by atoms with Gasteiger partial charge in [-0.25, -0.2) is 4.52 Å². The molecule has 0 aromatic carbocycles. The van der Waals surface area contributed by atoms with Crippen LogP contribution < -0.4 is 10.1 Å². The molecular weight excluding hydrogens is 334 g/mol. The van der Waals surface area contributed by atoms with Crippen molar-refractivity contribution >= 4 is 17.5 Å². The van der Waals surface area contributed by atoms with Crippen molar-refractivity contribution in [3.05, 3.63) is 55.2 Å². The number of nitrogens with zero attached hydrogens (tertiary/aromatic N) is 6. The summed E-state index contributed by atoms with van der Waals surface area (Å²) in [6, 6.07) is 7.27. The molecule has 0 aliphatic rings. The minimum Gasteiger partial charge on any atom is -0.496 e. The van der Waals surface area contributed by atoms with E-state index < -0.39 is 0 Å². The maximum atomic E-state index is 12.0. The monoisotopic (exact) mass is 349 g/mol. The van der Waals surface area contributed by atoms with Crippen molar-refractivity contribution in [1.82, 2.24) is 29.4 Å². The average Bonchev–Trinajstić information content (AvgIpc) is 3.29. The Balaban J connectivity index is 1.59. The summed E-state index contributed by atoms with van der Waals surface area (Å²) in [7, 11) is 1.61. The normalized spacial score (nSPS) is 10.8. The van der Waals surface area contributed by atoms with Crippen LogP contribution in [0.4, 0.5) is 5.95 Å². The van der Waals surface area contributed by atoms with Gasteiger partial charge in [0.2, 0.25) is 11.9 Å². The van der Waals surface area contributed by atoms with Gasteiger partial charge < -0.3 is 4.74 Å². The first-order valence-electron chi connectivity index (χ1n) is 7.85. The maximum Gasteiger partial charge on any atom is 0.249 e. The van der Waals surface area contributed by atoms with Crippen LogP contribution in [0.25, 0.3) is 16.8 Å². The van der Waals surface area contributed by atoms with Crippen LogP contribution in [0.3, 0.4) is 0 Å². The molecule has 0 aliphatic heterocycles. The van der Waals surface area contributed by atoms with Gasteiger partial charge in [-0.05, 0) is 24.3 Å². The fraction of sp³-hybridized carbons (Fsp3) is 0.118. The first-order valence-corrected chi connectivity index (χ1v) is 7.85. The van der Waals surface area contributed by atoms with Gasteiger partial charge in [0.1, 0.15) is 12.3 Å². The van der Waals surface area contributed by atoms with Gasteiger partial charge in [-0.3, -0.25) is 19.8 Å². The van der Waals surface area contributed by atoms with E-state index in [0.717, 1.165) is 11.1 Å². The molecule has 130 valence electrons. The largest absolute Gasteiger partial charge is 0.496 e. The summed E-state index contributed by atoms with van der Waals surface area (Å²) in [5.74, 6) is 0.698. The molecular formula is C17H15N7O2. The minimum atomic E-state index is -0.251. The van der Waals surface area contributed by atoms with E-state index in [4.69, 9.17) is 4.74 Å². The van der Waals surface area contributed by atoms with Crippen molar-refractivity contribution in [3.63, 3.8) is 0 Å². The van der Waals surface area contributed by atoms with E-state index in [-0.39, 0.29) is 18.4 Å². The van der Waals surface area contributed by atoms with Crippen molar-refractivity contribution in [2.45, 2.75) is 6.54 Å². The summed E-state index contributed by atoms with van der Waals surface area (Å²) in [5.41, 5.74) is 2.34. The fourth-order valence-electron chi connectivity index (χ4n) is 2.58. The topological polar surface area (TPSA) is 99.2 Å². The van der Waals surface area contributed by atoms with Crippen LogP contribution in [0.2, 0.25) is 0 Å². The Hall–Kier alpha value is -3.75. The third kappa shape index (κ3) is 3.09. The fourth-order valence-corrected chi connectivity index (χ4v) is 2.58. The smallest absolute Gasteiger partial charge is 0.249 e. The lowest BCUT2D eigenvalue weighted by molar-refractivity contribution is -0.116. The zero-order valence-electron chi connectivity index (χ0n) is 13.9. The van der Waals surface area contributed by atoms with Crippen LogP contribution in [0, 0.1) is 0 Å². The van der Waals surface area contributed by atoms with Crippen LogP contribution in [-0.4, -0.2) is 42.4 Å². The van der Waals surface area contributed by atoms with Gasteiger partial charge in [-0.15, -0.1) is 5.10 Å². The lowest BCUT2D eigenvalue weighted by Crippen LogP contribution is -2.19. The van der Waals surface area contributed by atoms with Gasteiger partial charge in [-0.1, -0.05) is 0 Å². The summed E-state index contributed by atoms with van der Waals surface area (Å²) in [6.07, 6.45) is 8.53. The zero-order chi connectivity index (χ0) is 17.9. The molecule has 1 amide bonds. The number of hydrogen-bond acceptors (Lipinski definition) is 6. The van der Waals surface area contributed by atoms with Crippen molar-refractivity contribution in [2.24, 2.45) is 0 Å². The molecule has 4 rings (SSSR count). The maximum absolute atomic E-state index is 12.0. The van der Waals surface area contributed by atoms with E-state index in [1.54, 1.807) is 48.5 Å². The van der Waals surface area contributed by atoms with E-state index >= 15 is 0 Å². The van der Waals surface area contributed by atoms with E-state index in [9.17, 15) is 4.79 Å². The molecule has 0 spiro atoms. The Labute approximate surface area is 148 Å². The molecule has 26 heavy (non-hydrogen) atoms. The second kappa shape index (κ2) is 6.63. The van der Waals surface area contributed by atoms with Crippen LogP contribution >= 0.6 is 0 Å². The van der Waals surface area contributed by atoms with Crippen LogP contribution in [0.15, 0.2) is 55.2 Å². The molecule has 4 heterocycles. The predicted molar refractivity (Wildman–Crippen MR) is 93.6 cm³/mol. The lowest BCUT2D eigenvalue weighted by Gasteiger charge is -2.07. The van der Waals surface area contributed by atoms with Crippen LogP contribution in [-0.2, 0) is 11.3 Å². The third-order valence-electron chi connectivity index (χ3n) is 3.76. The first kappa shape index (κ1) is 15.8. The molecule has 0 fully saturated rings. The number of aromatic nitrogens is 6. The Morgan fingerprint density at radius 2 is 2.19 bits per heavy atom. The molecule has 0 saturated carbocycles. The number of pyridine rings is 2. The second-order valence-electron chi connectivity index (χ2n) is 5.48. The highest BCUT2D eigenvalue weighted by Gasteiger charge is 2.11. The molecule has 0 saturated heterocycles. The predicted octanol–water partition coefficient (Wildman–Crippen LogP) is 1.64. The lowest BCUT2D eigenvalue weighted by atomic mass is 10.1. The number of nitrogens with one attached hydrogen (secondary N) is 1. The van der Waals surface area contributed by atoms with Gasteiger partial charge in [0, 0.05) is 42.1 Å². The molecule has 9 heteroatoms. The SMILES string of the molecule is COc1ccncc1-c1ccc2nc(NC(=O)Cn3cccn3)nn2c1. The Morgan fingerprint density at radius 1 is 1.27 bits per heavy atom. The molecule has 1 N–H and O–H groups in total. The standard InChI is InChI=1S/C17H15N7O2/c1-26-14-5-7-18-9-13(14)12-3-4-15-20-17(22-24(15)10-12)21-16(25)11-23-8-2-6-19-23/h2-10H,11H2,1H3,(H,21,22,25). The highest BCUT2D eigenvalue weighted by Crippen LogP contribution is 2.28. The van der Waals surface area contributed by atoms with E-state index in [0.29, 0.717) is 11.4 Å². The number of methoxy groups -OCH3 is 1. The second-order valence-corrected chi connectivity index (χ2v) is 5.48. The van der Waals surface area contributed by atoms with Crippen LogP contribution in [0.1, 0.15) is 0 Å². The Bertz CT molecular complexity index is 1060. The van der Waals surface area contributed by atoms with Gasteiger partial charge in [0.25, 0.3) is 0 Å². The first-order chi connectivity index (χ1) is 12.7. The summed E-state index contributed by atoms with van der Waals surface area (Å²) in [6.45, 7) is 0.0979. The van der Waals surface area contributed by atoms with Crippen molar-refractivity contribution in [1.29, 1.82) is 0 Å². The highest BCUT2D eigenvalue weighted by molar-refractivity contribution is 5.88. The number of rotatable bonds is 5. The molecule has 0 bridgehead atoms. The van der Waals surface area contributed by atoms with E-state index in [1.165, 1.54) is 4.68 Å². The number of hydrogen-bond donors (Lipinski definition) is 1. The van der Waals surface area contributed by atoms with Gasteiger partial charge in [0.15, 0.2) is 5.65 Å². The molecule has 0 aliphatic carbocycles. The van der Waals surface area contributed by atoms with Gasteiger partial charge in [-0.2, -0.15) is 10.1 Å². The average molecular weight is 349 g/mol. The summed E-state index contributed by atoms with van der Waals surface area (Å²) < 4.78 is 8.50. The van der Waals surface area contributed by atoms with E-state index in [2.05, 4.69) is 25.5 Å². The summed E-state index contributed by atoms with van der Waals surface area (Å²) >= 11 is 0. The summed E-state index contributed by atoms with van der Waals surface area (Å²) in [5, 5.41) is 11.0. The Morgan fingerprint density at radius 3 is 3.00 bits per heavy atom. The number of anilines is 1. The number of carbonyl (C=O) groups excluding carboxylic acids is 1. The number of ether oxygens (including phenoxy) is 1. The number of fused-ring (bicyclic) bond motifs is 1. The molecule has 4 aromatic rings. The van der Waals surface area contributed by atoms with Crippen LogP contribution in [0.5, 0.6) is 5.75 Å². The molecule has 0 unspecified atom stereocenters.